The van der Waals surface area contributed by atoms with E-state index in [0.717, 1.165) is 36.7 Å². The molecule has 5 saturated carbocycles. The normalized spacial score (nSPS) is 41.9. The Bertz CT molecular complexity index is 1030. The van der Waals surface area contributed by atoms with Crippen molar-refractivity contribution in [3.05, 3.63) is 48.6 Å². The van der Waals surface area contributed by atoms with Crippen molar-refractivity contribution < 1.29 is 14.6 Å². The lowest BCUT2D eigenvalue weighted by atomic mass is 9.36. The molecule has 0 heterocycles. The Morgan fingerprint density at radius 3 is 2.22 bits per heavy atom. The third kappa shape index (κ3) is 5.36. The first-order valence-corrected chi connectivity index (χ1v) is 17.0. The summed E-state index contributed by atoms with van der Waals surface area (Å²) in [7, 11) is 0. The maximum Gasteiger partial charge on any atom is 0.312 e. The highest BCUT2D eigenvalue weighted by Gasteiger charge is 2.67. The molecule has 0 radical (unpaired) electrons. The van der Waals surface area contributed by atoms with Gasteiger partial charge in [-0.25, -0.2) is 0 Å². The van der Waals surface area contributed by atoms with E-state index in [1.54, 1.807) is 6.08 Å². The molecule has 0 spiro atoms. The van der Waals surface area contributed by atoms with Gasteiger partial charge in [-0.1, -0.05) is 84.4 Å². The van der Waals surface area contributed by atoms with Crippen LogP contribution in [0.15, 0.2) is 43.0 Å². The number of esters is 1. The number of carbonyl (C=O) groups excluding carboxylic acids is 1. The summed E-state index contributed by atoms with van der Waals surface area (Å²) in [4.78, 5) is 13.7. The zero-order valence-corrected chi connectivity index (χ0v) is 27.4. The minimum absolute atomic E-state index is 0.0147. The van der Waals surface area contributed by atoms with Gasteiger partial charge in [-0.2, -0.15) is 0 Å². The molecular formula is C38H60O3. The molecule has 5 aliphatic carbocycles. The van der Waals surface area contributed by atoms with Gasteiger partial charge in [0.2, 0.25) is 0 Å². The number of fused-ring (bicyclic) bond motifs is 7. The van der Waals surface area contributed by atoms with Crippen molar-refractivity contribution in [1.82, 2.24) is 0 Å². The fraction of sp³-hybridized carbons (Fsp3) is 0.763. The lowest BCUT2D eigenvalue weighted by Crippen LogP contribution is -2.63. The number of rotatable bonds is 3. The first-order valence-electron chi connectivity index (χ1n) is 17.0. The van der Waals surface area contributed by atoms with Gasteiger partial charge in [-0.3, -0.25) is 4.79 Å². The van der Waals surface area contributed by atoms with Crippen LogP contribution in [0, 0.1) is 51.2 Å². The number of hydrogen-bond acceptors (Lipinski definition) is 3. The van der Waals surface area contributed by atoms with E-state index in [-0.39, 0.29) is 22.9 Å². The second kappa shape index (κ2) is 12.6. The first kappa shape index (κ1) is 32.3. The highest BCUT2D eigenvalue weighted by atomic mass is 16.5. The molecular weight excluding hydrogens is 504 g/mol. The summed E-state index contributed by atoms with van der Waals surface area (Å²) in [6.45, 7) is 19.6. The standard InChI is InChI=1S/C33H48O3.C3H6.C2H6/c1-30(2)26-15-18-31(3)24-14-20-33(29(35)36-21-22-9-6-5-7-10-22)17-8-11-25(33)23(24)12-13-27(31)32(26,4)19-16-28(30)34;1-3-2;1-2/h5-7,9-10,23-28,34H,8,11-21H2,1-4H3;3H,1H2,2H3;1-2H3/t23?,24?,25-,26?,27?,28?,31?,32?,33?;;/m1../s1. The highest BCUT2D eigenvalue weighted by Crippen LogP contribution is 2.73. The van der Waals surface area contributed by atoms with Gasteiger partial charge in [0.1, 0.15) is 6.61 Å². The Hall–Kier alpha value is -1.61. The largest absolute Gasteiger partial charge is 0.460 e. The van der Waals surface area contributed by atoms with E-state index in [0.29, 0.717) is 35.2 Å². The maximum absolute atomic E-state index is 13.7. The van der Waals surface area contributed by atoms with E-state index in [1.807, 2.05) is 39.0 Å². The number of hydrogen-bond donors (Lipinski definition) is 1. The molecule has 9 atom stereocenters. The fourth-order valence-electron chi connectivity index (χ4n) is 11.4. The van der Waals surface area contributed by atoms with E-state index in [4.69, 9.17) is 4.74 Å². The smallest absolute Gasteiger partial charge is 0.312 e. The van der Waals surface area contributed by atoms with E-state index in [9.17, 15) is 9.90 Å². The molecule has 0 aromatic heterocycles. The van der Waals surface area contributed by atoms with E-state index in [2.05, 4.69) is 46.4 Å². The van der Waals surface area contributed by atoms with Crippen LogP contribution in [0.1, 0.15) is 125 Å². The molecule has 5 fully saturated rings. The highest BCUT2D eigenvalue weighted by molar-refractivity contribution is 5.78. The SMILES string of the molecule is C=CC.CC.CC1(C)C(O)CCC2(C)C1CCC1(C)C3CCC4(C(=O)OCc5ccccc5)CCC[C@@H]4C3CCC12. The molecule has 6 rings (SSSR count). The van der Waals surface area contributed by atoms with Gasteiger partial charge in [0.25, 0.3) is 0 Å². The van der Waals surface area contributed by atoms with E-state index in [1.165, 1.54) is 51.4 Å². The monoisotopic (exact) mass is 564 g/mol. The molecule has 0 saturated heterocycles. The molecule has 3 heteroatoms. The summed E-state index contributed by atoms with van der Waals surface area (Å²) in [6.07, 6.45) is 14.5. The minimum Gasteiger partial charge on any atom is -0.460 e. The molecule has 41 heavy (non-hydrogen) atoms. The van der Waals surface area contributed by atoms with E-state index < -0.39 is 0 Å². The summed E-state index contributed by atoms with van der Waals surface area (Å²) in [5.41, 5.74) is 1.57. The topological polar surface area (TPSA) is 46.5 Å². The second-order valence-corrected chi connectivity index (χ2v) is 15.0. The molecule has 5 aliphatic rings. The van der Waals surface area contributed by atoms with Crippen LogP contribution in [-0.2, 0) is 16.1 Å². The molecule has 230 valence electrons. The predicted octanol–water partition coefficient (Wildman–Crippen LogP) is 9.77. The molecule has 0 bridgehead atoms. The number of carbonyl (C=O) groups is 1. The fourth-order valence-corrected chi connectivity index (χ4v) is 11.4. The van der Waals surface area contributed by atoms with E-state index >= 15 is 0 Å². The van der Waals surface area contributed by atoms with Gasteiger partial charge in [-0.05, 0) is 123 Å². The lowest BCUT2D eigenvalue weighted by molar-refractivity contribution is -0.217. The molecule has 0 aliphatic heterocycles. The molecule has 0 amide bonds. The second-order valence-electron chi connectivity index (χ2n) is 15.0. The maximum atomic E-state index is 13.7. The summed E-state index contributed by atoms with van der Waals surface area (Å²) in [6, 6.07) is 10.2. The van der Waals surface area contributed by atoms with Crippen LogP contribution in [0.5, 0.6) is 0 Å². The quantitative estimate of drug-likeness (QED) is 0.294. The summed E-state index contributed by atoms with van der Waals surface area (Å²) >= 11 is 0. The third-order valence-electron chi connectivity index (χ3n) is 13.1. The van der Waals surface area contributed by atoms with Crippen molar-refractivity contribution in [2.45, 2.75) is 132 Å². The van der Waals surface area contributed by atoms with Crippen molar-refractivity contribution in [2.24, 2.45) is 51.2 Å². The van der Waals surface area contributed by atoms with Crippen molar-refractivity contribution in [3.63, 3.8) is 0 Å². The Morgan fingerprint density at radius 2 is 1.54 bits per heavy atom. The van der Waals surface area contributed by atoms with Gasteiger partial charge in [-0.15, -0.1) is 6.58 Å². The molecule has 3 nitrogen and oxygen atoms in total. The van der Waals surface area contributed by atoms with Crippen LogP contribution >= 0.6 is 0 Å². The zero-order chi connectivity index (χ0) is 30.1. The van der Waals surface area contributed by atoms with Crippen LogP contribution in [-0.4, -0.2) is 17.2 Å². The summed E-state index contributed by atoms with van der Waals surface area (Å²) in [5.74, 6) is 3.38. The molecule has 1 N–H and O–H groups in total. The Kier molecular flexibility index (Phi) is 9.89. The van der Waals surface area contributed by atoms with Gasteiger partial charge >= 0.3 is 5.97 Å². The van der Waals surface area contributed by atoms with Gasteiger partial charge in [0, 0.05) is 0 Å². The average Bonchev–Trinajstić information content (AvgIpc) is 3.42. The number of aliphatic hydroxyl groups excluding tert-OH is 1. The summed E-state index contributed by atoms with van der Waals surface area (Å²) < 4.78 is 6.04. The van der Waals surface area contributed by atoms with Crippen LogP contribution < -0.4 is 0 Å². The average molecular weight is 565 g/mol. The lowest BCUT2D eigenvalue weighted by Gasteiger charge is -2.69. The molecule has 1 aromatic rings. The van der Waals surface area contributed by atoms with Gasteiger partial charge in [0.15, 0.2) is 0 Å². The van der Waals surface area contributed by atoms with Gasteiger partial charge < -0.3 is 9.84 Å². The van der Waals surface area contributed by atoms with Crippen LogP contribution in [0.25, 0.3) is 0 Å². The number of benzene rings is 1. The van der Waals surface area contributed by atoms with Gasteiger partial charge in [0.05, 0.1) is 11.5 Å². The number of aliphatic hydroxyl groups is 1. The summed E-state index contributed by atoms with van der Waals surface area (Å²) in [5, 5.41) is 10.9. The first-order chi connectivity index (χ1) is 19.5. The Labute approximate surface area is 251 Å². The number of ether oxygens (including phenoxy) is 1. The molecule has 8 unspecified atom stereocenters. The Balaban J connectivity index is 0.000000728. The van der Waals surface area contributed by atoms with Crippen LogP contribution in [0.3, 0.4) is 0 Å². The van der Waals surface area contributed by atoms with Crippen molar-refractivity contribution >= 4 is 5.97 Å². The number of allylic oxidation sites excluding steroid dienone is 1. The van der Waals surface area contributed by atoms with Crippen LogP contribution in [0.2, 0.25) is 0 Å². The minimum atomic E-state index is -0.239. The van der Waals surface area contributed by atoms with Crippen molar-refractivity contribution in [3.8, 4) is 0 Å². The van der Waals surface area contributed by atoms with Crippen molar-refractivity contribution in [2.75, 3.05) is 0 Å². The third-order valence-corrected chi connectivity index (χ3v) is 13.1. The molecule has 1 aromatic carbocycles. The Morgan fingerprint density at radius 1 is 0.878 bits per heavy atom. The van der Waals surface area contributed by atoms with Crippen LogP contribution in [0.4, 0.5) is 0 Å². The zero-order valence-electron chi connectivity index (χ0n) is 27.4. The predicted molar refractivity (Wildman–Crippen MR) is 170 cm³/mol. The van der Waals surface area contributed by atoms with Crippen molar-refractivity contribution in [1.29, 1.82) is 0 Å².